The lowest BCUT2D eigenvalue weighted by molar-refractivity contribution is -0.142. The molecule has 0 bridgehead atoms. The van der Waals surface area contributed by atoms with Crippen molar-refractivity contribution in [2.24, 2.45) is 17.8 Å². The van der Waals surface area contributed by atoms with Gasteiger partial charge in [-0.15, -0.1) is 0 Å². The minimum atomic E-state index is -4.08. The molecule has 15 nitrogen and oxygen atoms in total. The van der Waals surface area contributed by atoms with E-state index >= 15 is 4.79 Å². The van der Waals surface area contributed by atoms with E-state index in [2.05, 4.69) is 15.4 Å². The van der Waals surface area contributed by atoms with E-state index in [9.17, 15) is 31.6 Å². The second-order valence-corrected chi connectivity index (χ2v) is 20.3. The number of pyridine rings is 1. The maximum Gasteiger partial charge on any atom is 0.408 e. The minimum Gasteiger partial charge on any atom is -0.497 e. The quantitative estimate of drug-likeness (QED) is 0.189. The predicted molar refractivity (Wildman–Crippen MR) is 242 cm³/mol. The van der Waals surface area contributed by atoms with E-state index in [0.29, 0.717) is 68.6 Å². The number of amides is 4. The zero-order chi connectivity index (χ0) is 46.8. The molecule has 0 spiro atoms. The van der Waals surface area contributed by atoms with Crippen LogP contribution in [-0.4, -0.2) is 103 Å². The van der Waals surface area contributed by atoms with Crippen molar-refractivity contribution in [1.29, 1.82) is 0 Å². The van der Waals surface area contributed by atoms with E-state index in [1.165, 1.54) is 4.90 Å². The molecule has 0 radical (unpaired) electrons. The van der Waals surface area contributed by atoms with Crippen LogP contribution in [0.2, 0.25) is 0 Å². The Hall–Kier alpha value is -4.74. The van der Waals surface area contributed by atoms with Gasteiger partial charge in [0.05, 0.1) is 25.0 Å². The number of hydrogen-bond acceptors (Lipinski definition) is 11. The predicted octanol–water partition coefficient (Wildman–Crippen LogP) is 7.49. The number of nitrogens with one attached hydrogen (secondary N) is 3. The maximum absolute atomic E-state index is 15.1. The fourth-order valence-corrected chi connectivity index (χ4v) is 10.9. The van der Waals surface area contributed by atoms with Crippen LogP contribution in [-0.2, 0) is 35.6 Å². The highest BCUT2D eigenvalue weighted by Gasteiger charge is 2.63. The molecule has 64 heavy (non-hydrogen) atoms. The second-order valence-electron chi connectivity index (χ2n) is 18.2. The van der Waals surface area contributed by atoms with E-state index in [1.54, 1.807) is 20.1 Å². The number of methoxy groups -OCH3 is 1. The van der Waals surface area contributed by atoms with Crippen molar-refractivity contribution in [1.82, 2.24) is 25.2 Å². The third kappa shape index (κ3) is 9.91. The van der Waals surface area contributed by atoms with Crippen LogP contribution in [0, 0.1) is 17.8 Å². The van der Waals surface area contributed by atoms with Gasteiger partial charge < -0.3 is 34.5 Å². The van der Waals surface area contributed by atoms with Gasteiger partial charge in [0, 0.05) is 27.6 Å². The van der Waals surface area contributed by atoms with Gasteiger partial charge in [0.15, 0.2) is 5.60 Å². The summed E-state index contributed by atoms with van der Waals surface area (Å²) < 4.78 is 79.2. The van der Waals surface area contributed by atoms with Crippen LogP contribution in [0.15, 0.2) is 30.4 Å². The first kappa shape index (κ1) is 48.7. The molecule has 360 valence electrons. The summed E-state index contributed by atoms with van der Waals surface area (Å²) in [5.74, 6) is -2.02. The molecule has 18 heteroatoms. The van der Waals surface area contributed by atoms with Gasteiger partial charge in [-0.25, -0.2) is 22.0 Å². The van der Waals surface area contributed by atoms with Gasteiger partial charge in [0.1, 0.15) is 29.5 Å². The topological polar surface area (TPSA) is 192 Å². The highest BCUT2D eigenvalue weighted by atomic mass is 32.2. The lowest BCUT2D eigenvalue weighted by Crippen LogP contribution is -2.60. The molecule has 7 atom stereocenters. The van der Waals surface area contributed by atoms with Crippen molar-refractivity contribution in [3.05, 3.63) is 35.9 Å². The highest BCUT2D eigenvalue weighted by Crippen LogP contribution is 2.49. The Bertz CT molecular complexity index is 2240. The van der Waals surface area contributed by atoms with Crippen molar-refractivity contribution < 1.29 is 59.6 Å². The number of allylic oxidation sites excluding steroid dienone is 1. The third-order valence-corrected chi connectivity index (χ3v) is 15.8. The number of alkyl carbamates (subject to hydrolysis) is 1. The number of aryl methyl sites for hydroxylation is 1. The fourth-order valence-electron chi connectivity index (χ4n) is 9.20. The number of aromatic nitrogens is 1. The van der Waals surface area contributed by atoms with Crippen LogP contribution >= 0.6 is 0 Å². The average molecular weight is 924 g/mol. The summed E-state index contributed by atoms with van der Waals surface area (Å²) in [6.07, 6.45) is 3.53. The summed E-state index contributed by atoms with van der Waals surface area (Å²) in [4.78, 5) is 63.4. The molecular formula is C46H71F2N5O10S. The Labute approximate surface area is 379 Å². The van der Waals surface area contributed by atoms with Crippen molar-refractivity contribution in [2.75, 3.05) is 20.3 Å². The van der Waals surface area contributed by atoms with Gasteiger partial charge in [0.2, 0.25) is 33.6 Å². The molecule has 5 aliphatic rings. The smallest absolute Gasteiger partial charge is 0.408 e. The summed E-state index contributed by atoms with van der Waals surface area (Å²) >= 11 is 0. The molecule has 1 aromatic heterocycles. The van der Waals surface area contributed by atoms with Gasteiger partial charge in [-0.05, 0) is 107 Å². The van der Waals surface area contributed by atoms with Crippen molar-refractivity contribution in [3.8, 4) is 17.5 Å². The number of carbonyl (C=O) groups is 4. The Balaban J connectivity index is 0.00000235. The third-order valence-electron chi connectivity index (χ3n) is 13.5. The molecule has 4 amide bonds. The van der Waals surface area contributed by atoms with Crippen LogP contribution in [0.5, 0.6) is 17.5 Å². The fraction of sp³-hybridized carbons (Fsp3) is 0.674. The number of nitrogens with zero attached hydrogens (tertiary/aromatic N) is 2. The Morgan fingerprint density at radius 1 is 1.14 bits per heavy atom. The number of rotatable bonds is 11. The molecule has 0 unspecified atom stereocenters. The molecule has 2 saturated carbocycles. The minimum absolute atomic E-state index is 0. The van der Waals surface area contributed by atoms with E-state index in [-0.39, 0.29) is 35.5 Å². The van der Waals surface area contributed by atoms with Crippen LogP contribution in [0.3, 0.4) is 0 Å². The number of alkyl halides is 2. The lowest BCUT2D eigenvalue weighted by atomic mass is 9.85. The monoisotopic (exact) mass is 923 g/mol. The summed E-state index contributed by atoms with van der Waals surface area (Å²) in [6, 6.07) is 2.89. The van der Waals surface area contributed by atoms with Gasteiger partial charge in [-0.3, -0.25) is 19.1 Å². The molecule has 1 aromatic carbocycles. The first-order chi connectivity index (χ1) is 30.4. The van der Waals surface area contributed by atoms with Crippen molar-refractivity contribution >= 4 is 44.6 Å². The van der Waals surface area contributed by atoms with Crippen LogP contribution in [0.1, 0.15) is 123 Å². The Morgan fingerprint density at radius 2 is 1.88 bits per heavy atom. The van der Waals surface area contributed by atoms with Crippen LogP contribution in [0.4, 0.5) is 13.6 Å². The normalized spacial score (nSPS) is 28.3. The largest absolute Gasteiger partial charge is 0.497 e. The summed E-state index contributed by atoms with van der Waals surface area (Å²) in [5, 5.41) is 6.95. The number of halogens is 2. The van der Waals surface area contributed by atoms with Gasteiger partial charge in [-0.2, -0.15) is 4.98 Å². The molecule has 2 aromatic rings. The zero-order valence-electron chi connectivity index (χ0n) is 38.3. The number of sulfonamides is 1. The van der Waals surface area contributed by atoms with Crippen molar-refractivity contribution in [3.63, 3.8) is 0 Å². The number of ether oxygens (including phenoxy) is 4. The molecular weight excluding hydrogens is 853 g/mol. The summed E-state index contributed by atoms with van der Waals surface area (Å²) in [6.45, 7) is 12.1. The highest BCUT2D eigenvalue weighted by molar-refractivity contribution is 7.91. The first-order valence-electron chi connectivity index (χ1n) is 22.8. The molecule has 3 aliphatic heterocycles. The average Bonchev–Trinajstić information content (AvgIpc) is 4.18. The zero-order valence-corrected chi connectivity index (χ0v) is 39.1. The van der Waals surface area contributed by atoms with Gasteiger partial charge in [-0.1, -0.05) is 53.2 Å². The molecule has 4 heterocycles. The number of fused-ring (bicyclic) bond motifs is 5. The van der Waals surface area contributed by atoms with E-state index in [4.69, 9.17) is 23.9 Å². The standard InChI is InChI=1S/C44H59F2N5O10S.C2H6.3H2/c1-7-26-20-25(3)12-9-10-13-27-23-44(27,40(54)50-62(56,57)43(8-2)17-18-43)49-35(52)33-22-29(24-51(33)38(53)34(26)47-41(55)61-42(4,5)39(45)46)60-37-31-16-15-28(58-6)21-32(31)30-14-11-19-59-36(30)48-37;1-2;;;/h10,13,15-16,21,25-27,29,33-34,39H,7-9,11-12,14,17-20,22-24H2,1-6H3,(H,47,55)(H,49,52)(H,50,54);1-2H3;3*1H/b13-10-;;;;/t25-,26+,27+,29+,33-,34-,44+;;;;/m0..../s1. The van der Waals surface area contributed by atoms with Crippen LogP contribution < -0.4 is 29.6 Å². The van der Waals surface area contributed by atoms with E-state index < -0.39 is 86.2 Å². The first-order valence-corrected chi connectivity index (χ1v) is 24.3. The maximum atomic E-state index is 15.1. The molecule has 1 saturated heterocycles. The Kier molecular flexibility index (Phi) is 14.8. The second kappa shape index (κ2) is 19.4. The molecule has 7 rings (SSSR count). The molecule has 3 fully saturated rings. The molecule has 2 aliphatic carbocycles. The van der Waals surface area contributed by atoms with E-state index in [0.717, 1.165) is 37.6 Å². The van der Waals surface area contributed by atoms with Gasteiger partial charge in [0.25, 0.3) is 12.3 Å². The summed E-state index contributed by atoms with van der Waals surface area (Å²) in [7, 11) is -2.51. The molecule has 3 N–H and O–H groups in total. The van der Waals surface area contributed by atoms with Crippen molar-refractivity contribution in [2.45, 2.75) is 160 Å². The van der Waals surface area contributed by atoms with E-state index in [1.807, 2.05) is 52.0 Å². The number of benzene rings is 1. The number of hydrogen-bond donors (Lipinski definition) is 3. The Morgan fingerprint density at radius 3 is 2.53 bits per heavy atom. The number of carbonyl (C=O) groups excluding carboxylic acids is 4. The van der Waals surface area contributed by atoms with Gasteiger partial charge >= 0.3 is 6.09 Å². The van der Waals surface area contributed by atoms with Crippen LogP contribution in [0.25, 0.3) is 10.8 Å². The SMILES string of the molecule is CC.CC[C@@H]1C[C@@H](C)CC/C=C\[C@@H]2C[C@@]2(C(=O)NS(=O)(=O)C2(CC)CC2)NC(=O)[C@@H]2C[C@@H](Oc3nc4c(c5cc(OC)ccc35)CCCO4)CN2C(=O)[C@H]1NC(=O)OC(C)(C)C(F)F.[HH].[HH].[HH]. The summed E-state index contributed by atoms with van der Waals surface area (Å²) in [5.41, 5.74) is -2.89. The lowest BCUT2D eigenvalue weighted by Gasteiger charge is -2.34.